The lowest BCUT2D eigenvalue weighted by Crippen LogP contribution is -2.22. The minimum atomic E-state index is -0.399. The molecular weight excluding hydrogens is 320 g/mol. The van der Waals surface area contributed by atoms with Gasteiger partial charge in [-0.15, -0.1) is 0 Å². The highest BCUT2D eigenvalue weighted by molar-refractivity contribution is 7.71. The van der Waals surface area contributed by atoms with Crippen molar-refractivity contribution in [3.63, 3.8) is 0 Å². The molecule has 0 bridgehead atoms. The lowest BCUT2D eigenvalue weighted by atomic mass is 10.2. The molecular formula is C14H16N4O4S. The van der Waals surface area contributed by atoms with Crippen molar-refractivity contribution in [2.75, 3.05) is 21.3 Å². The molecule has 0 amide bonds. The van der Waals surface area contributed by atoms with Crippen LogP contribution in [0.1, 0.15) is 11.3 Å². The van der Waals surface area contributed by atoms with Gasteiger partial charge in [0.05, 0.1) is 27.5 Å². The second kappa shape index (κ2) is 7.05. The molecule has 0 atom stereocenters. The average Bonchev–Trinajstić information content (AvgIpc) is 2.57. The summed E-state index contributed by atoms with van der Waals surface area (Å²) in [5.74, 6) is 1.39. The molecule has 0 saturated carbocycles. The molecule has 0 fully saturated rings. The number of aryl methyl sites for hydroxylation is 1. The first kappa shape index (κ1) is 16.7. The number of hydrogen-bond acceptors (Lipinski definition) is 7. The zero-order valence-corrected chi connectivity index (χ0v) is 13.9. The van der Waals surface area contributed by atoms with E-state index in [9.17, 15) is 4.79 Å². The van der Waals surface area contributed by atoms with Crippen LogP contribution in [-0.2, 0) is 0 Å². The van der Waals surface area contributed by atoms with Gasteiger partial charge in [-0.05, 0) is 31.3 Å². The number of methoxy groups -OCH3 is 3. The number of H-pyrrole nitrogens is 1. The second-order valence-corrected chi connectivity index (χ2v) is 4.79. The third kappa shape index (κ3) is 3.24. The van der Waals surface area contributed by atoms with Gasteiger partial charge < -0.3 is 14.2 Å². The van der Waals surface area contributed by atoms with E-state index in [0.29, 0.717) is 22.8 Å². The number of aromatic amines is 1. The highest BCUT2D eigenvalue weighted by Gasteiger charge is 2.14. The van der Waals surface area contributed by atoms with Crippen molar-refractivity contribution >= 4 is 18.4 Å². The molecule has 0 aliphatic heterocycles. The average molecular weight is 336 g/mol. The summed E-state index contributed by atoms with van der Waals surface area (Å²) < 4.78 is 17.0. The molecule has 1 heterocycles. The SMILES string of the molecule is COc1ccc(/C=N\n2c(=S)[nH]nc(C)c2=O)c(OC)c1OC. The van der Waals surface area contributed by atoms with Gasteiger partial charge in [-0.3, -0.25) is 9.89 Å². The Hall–Kier alpha value is -2.68. The zero-order chi connectivity index (χ0) is 17.0. The minimum Gasteiger partial charge on any atom is -0.493 e. The maximum absolute atomic E-state index is 12.0. The predicted molar refractivity (Wildman–Crippen MR) is 87.5 cm³/mol. The van der Waals surface area contributed by atoms with Gasteiger partial charge in [0.1, 0.15) is 5.69 Å². The molecule has 1 aromatic carbocycles. The summed E-state index contributed by atoms with van der Waals surface area (Å²) in [5.41, 5.74) is 0.459. The van der Waals surface area contributed by atoms with Gasteiger partial charge in [0.25, 0.3) is 5.56 Å². The molecule has 9 heteroatoms. The van der Waals surface area contributed by atoms with Crippen LogP contribution in [0, 0.1) is 11.7 Å². The maximum Gasteiger partial charge on any atom is 0.296 e. The van der Waals surface area contributed by atoms with Crippen molar-refractivity contribution in [2.24, 2.45) is 5.10 Å². The number of ether oxygens (including phenoxy) is 3. The molecule has 1 aromatic heterocycles. The lowest BCUT2D eigenvalue weighted by molar-refractivity contribution is 0.324. The van der Waals surface area contributed by atoms with Crippen molar-refractivity contribution in [3.8, 4) is 17.2 Å². The molecule has 0 saturated heterocycles. The molecule has 1 N–H and O–H groups in total. The third-order valence-electron chi connectivity index (χ3n) is 3.06. The summed E-state index contributed by atoms with van der Waals surface area (Å²) >= 11 is 5.02. The molecule has 23 heavy (non-hydrogen) atoms. The minimum absolute atomic E-state index is 0.0938. The van der Waals surface area contributed by atoms with Gasteiger partial charge in [0, 0.05) is 5.56 Å². The second-order valence-electron chi connectivity index (χ2n) is 4.40. The van der Waals surface area contributed by atoms with Crippen LogP contribution in [0.4, 0.5) is 0 Å². The van der Waals surface area contributed by atoms with Crippen LogP contribution >= 0.6 is 12.2 Å². The smallest absolute Gasteiger partial charge is 0.296 e. The molecule has 0 radical (unpaired) electrons. The topological polar surface area (TPSA) is 90.7 Å². The lowest BCUT2D eigenvalue weighted by Gasteiger charge is -2.13. The number of nitrogens with one attached hydrogen (secondary N) is 1. The fraction of sp³-hybridized carbons (Fsp3) is 0.286. The Bertz CT molecular complexity index is 857. The standard InChI is InChI=1S/C14H16N4O4S/c1-8-13(19)18(14(23)17-16-8)15-7-9-5-6-10(20-2)12(22-4)11(9)21-3/h5-7H,1-4H3,(H,17,23)/b15-7-. The van der Waals surface area contributed by atoms with E-state index in [0.717, 1.165) is 4.68 Å². The summed E-state index contributed by atoms with van der Waals surface area (Å²) in [5, 5.41) is 10.4. The van der Waals surface area contributed by atoms with E-state index < -0.39 is 5.56 Å². The number of rotatable bonds is 5. The van der Waals surface area contributed by atoms with Gasteiger partial charge in [0.2, 0.25) is 10.5 Å². The molecule has 2 aromatic rings. The molecule has 122 valence electrons. The first-order valence-electron chi connectivity index (χ1n) is 6.55. The normalized spacial score (nSPS) is 10.8. The van der Waals surface area contributed by atoms with Gasteiger partial charge in [-0.1, -0.05) is 0 Å². The van der Waals surface area contributed by atoms with Crippen molar-refractivity contribution in [1.29, 1.82) is 0 Å². The monoisotopic (exact) mass is 336 g/mol. The van der Waals surface area contributed by atoms with E-state index in [1.165, 1.54) is 27.5 Å². The summed E-state index contributed by atoms with van der Waals surface area (Å²) in [6.07, 6.45) is 1.45. The van der Waals surface area contributed by atoms with Crippen LogP contribution in [0.2, 0.25) is 0 Å². The molecule has 0 aliphatic rings. The van der Waals surface area contributed by atoms with E-state index in [1.807, 2.05) is 0 Å². The Morgan fingerprint density at radius 2 is 1.91 bits per heavy atom. The van der Waals surface area contributed by atoms with E-state index in [1.54, 1.807) is 19.1 Å². The van der Waals surface area contributed by atoms with Crippen LogP contribution in [-0.4, -0.2) is 42.4 Å². The van der Waals surface area contributed by atoms with Gasteiger partial charge in [0.15, 0.2) is 11.5 Å². The van der Waals surface area contributed by atoms with Crippen molar-refractivity contribution in [1.82, 2.24) is 14.9 Å². The largest absolute Gasteiger partial charge is 0.493 e. The first-order chi connectivity index (χ1) is 11.0. The van der Waals surface area contributed by atoms with Gasteiger partial charge in [-0.2, -0.15) is 14.9 Å². The molecule has 0 spiro atoms. The van der Waals surface area contributed by atoms with Crippen LogP contribution in [0.25, 0.3) is 0 Å². The molecule has 8 nitrogen and oxygen atoms in total. The number of benzene rings is 1. The Morgan fingerprint density at radius 3 is 2.52 bits per heavy atom. The Kier molecular flexibility index (Phi) is 5.12. The summed E-state index contributed by atoms with van der Waals surface area (Å²) in [7, 11) is 4.54. The highest BCUT2D eigenvalue weighted by Crippen LogP contribution is 2.38. The highest BCUT2D eigenvalue weighted by atomic mass is 32.1. The zero-order valence-electron chi connectivity index (χ0n) is 13.1. The quantitative estimate of drug-likeness (QED) is 0.657. The molecule has 2 rings (SSSR count). The van der Waals surface area contributed by atoms with Crippen LogP contribution in [0.15, 0.2) is 22.0 Å². The predicted octanol–water partition coefficient (Wildman–Crippen LogP) is 1.52. The fourth-order valence-corrected chi connectivity index (χ4v) is 2.10. The number of aromatic nitrogens is 3. The van der Waals surface area contributed by atoms with Crippen LogP contribution in [0.3, 0.4) is 0 Å². The maximum atomic E-state index is 12.0. The fourth-order valence-electron chi connectivity index (χ4n) is 1.92. The first-order valence-corrected chi connectivity index (χ1v) is 6.96. The van der Waals surface area contributed by atoms with E-state index >= 15 is 0 Å². The molecule has 0 unspecified atom stereocenters. The van der Waals surface area contributed by atoms with Crippen molar-refractivity contribution < 1.29 is 14.2 Å². The van der Waals surface area contributed by atoms with Crippen LogP contribution in [0.5, 0.6) is 17.2 Å². The number of hydrogen-bond donors (Lipinski definition) is 1. The summed E-state index contributed by atoms with van der Waals surface area (Å²) in [4.78, 5) is 12.0. The van der Waals surface area contributed by atoms with Gasteiger partial charge in [-0.25, -0.2) is 0 Å². The summed E-state index contributed by atoms with van der Waals surface area (Å²) in [6, 6.07) is 3.44. The Balaban J connectivity index is 2.55. The Labute approximate surface area is 137 Å². The van der Waals surface area contributed by atoms with Gasteiger partial charge >= 0.3 is 0 Å². The number of nitrogens with zero attached hydrogens (tertiary/aromatic N) is 3. The third-order valence-corrected chi connectivity index (χ3v) is 3.32. The summed E-state index contributed by atoms with van der Waals surface area (Å²) in [6.45, 7) is 1.57. The van der Waals surface area contributed by atoms with Crippen molar-refractivity contribution in [3.05, 3.63) is 38.5 Å². The molecule has 0 aliphatic carbocycles. The van der Waals surface area contributed by atoms with Crippen molar-refractivity contribution in [2.45, 2.75) is 6.92 Å². The van der Waals surface area contributed by atoms with E-state index in [2.05, 4.69) is 15.3 Å². The van der Waals surface area contributed by atoms with E-state index in [4.69, 9.17) is 26.4 Å². The Morgan fingerprint density at radius 1 is 1.22 bits per heavy atom. The van der Waals surface area contributed by atoms with Crippen LogP contribution < -0.4 is 19.8 Å². The van der Waals surface area contributed by atoms with E-state index in [-0.39, 0.29) is 10.5 Å².